The highest BCUT2D eigenvalue weighted by atomic mass is 32.2. The summed E-state index contributed by atoms with van der Waals surface area (Å²) in [5.41, 5.74) is 1.36. The van der Waals surface area contributed by atoms with Crippen LogP contribution in [0.25, 0.3) is 0 Å². The van der Waals surface area contributed by atoms with E-state index in [0.29, 0.717) is 6.04 Å². The van der Waals surface area contributed by atoms with E-state index in [0.717, 1.165) is 25.7 Å². The van der Waals surface area contributed by atoms with Gasteiger partial charge < -0.3 is 10.1 Å². The molecule has 0 aromatic heterocycles. The summed E-state index contributed by atoms with van der Waals surface area (Å²) in [5.74, 6) is 2.06. The van der Waals surface area contributed by atoms with E-state index in [1.165, 1.54) is 29.1 Å². The molecule has 106 valence electrons. The number of nitrogens with one attached hydrogen (secondary N) is 1. The predicted octanol–water partition coefficient (Wildman–Crippen LogP) is 3.70. The van der Waals surface area contributed by atoms with Crippen molar-refractivity contribution in [3.05, 3.63) is 29.8 Å². The van der Waals surface area contributed by atoms with Gasteiger partial charge in [0.2, 0.25) is 0 Å². The zero-order chi connectivity index (χ0) is 13.5. The van der Waals surface area contributed by atoms with Crippen LogP contribution < -0.4 is 5.32 Å². The summed E-state index contributed by atoms with van der Waals surface area (Å²) in [5, 5.41) is 3.44. The fourth-order valence-corrected chi connectivity index (χ4v) is 3.24. The zero-order valence-electron chi connectivity index (χ0n) is 12.0. The molecule has 0 unspecified atom stereocenters. The topological polar surface area (TPSA) is 21.3 Å². The summed E-state index contributed by atoms with van der Waals surface area (Å²) in [6, 6.07) is 9.52. The van der Waals surface area contributed by atoms with Crippen LogP contribution in [0.4, 0.5) is 0 Å². The minimum Gasteiger partial charge on any atom is -0.381 e. The molecule has 1 heterocycles. The van der Waals surface area contributed by atoms with E-state index in [9.17, 15) is 0 Å². The molecule has 2 rings (SSSR count). The molecule has 19 heavy (non-hydrogen) atoms. The Labute approximate surface area is 121 Å². The van der Waals surface area contributed by atoms with E-state index in [1.54, 1.807) is 0 Å². The average molecular weight is 279 g/mol. The Hall–Kier alpha value is -0.510. The highest BCUT2D eigenvalue weighted by molar-refractivity contribution is 7.99. The van der Waals surface area contributed by atoms with Crippen LogP contribution in [0.3, 0.4) is 0 Å². The smallest absolute Gasteiger partial charge is 0.0468 e. The van der Waals surface area contributed by atoms with Crippen LogP contribution in [-0.2, 0) is 11.3 Å². The second-order valence-corrected chi connectivity index (χ2v) is 6.64. The molecule has 1 saturated heterocycles. The van der Waals surface area contributed by atoms with Crippen LogP contribution in [-0.4, -0.2) is 25.0 Å². The fraction of sp³-hybridized carbons (Fsp3) is 0.625. The number of benzene rings is 1. The quantitative estimate of drug-likeness (QED) is 0.802. The van der Waals surface area contributed by atoms with Crippen molar-refractivity contribution in [2.24, 2.45) is 5.92 Å². The Kier molecular flexibility index (Phi) is 6.21. The molecule has 0 atom stereocenters. The first kappa shape index (κ1) is 14.9. The van der Waals surface area contributed by atoms with E-state index >= 15 is 0 Å². The predicted molar refractivity (Wildman–Crippen MR) is 82.7 cm³/mol. The van der Waals surface area contributed by atoms with Gasteiger partial charge in [0.15, 0.2) is 0 Å². The Bertz CT molecular complexity index is 358. The zero-order valence-corrected chi connectivity index (χ0v) is 12.8. The van der Waals surface area contributed by atoms with Crippen molar-refractivity contribution in [1.29, 1.82) is 0 Å². The van der Waals surface area contributed by atoms with Gasteiger partial charge in [0, 0.05) is 36.4 Å². The molecule has 1 N–H and O–H groups in total. The number of hydrogen-bond donors (Lipinski definition) is 1. The number of thioether (sulfide) groups is 1. The van der Waals surface area contributed by atoms with Crippen molar-refractivity contribution in [2.45, 2.75) is 44.2 Å². The maximum Gasteiger partial charge on any atom is 0.0468 e. The Morgan fingerprint density at radius 3 is 2.53 bits per heavy atom. The lowest BCUT2D eigenvalue weighted by atomic mass is 10.0. The van der Waals surface area contributed by atoms with E-state index in [1.807, 2.05) is 11.8 Å². The molecule has 2 nitrogen and oxygen atoms in total. The van der Waals surface area contributed by atoms with Gasteiger partial charge in [0.05, 0.1) is 0 Å². The number of rotatable bonds is 6. The molecule has 1 aliphatic rings. The third-order valence-corrected chi connectivity index (χ3v) is 4.71. The van der Waals surface area contributed by atoms with Crippen molar-refractivity contribution in [3.63, 3.8) is 0 Å². The monoisotopic (exact) mass is 279 g/mol. The van der Waals surface area contributed by atoms with Crippen LogP contribution in [0, 0.1) is 5.92 Å². The summed E-state index contributed by atoms with van der Waals surface area (Å²) in [7, 11) is 0. The van der Waals surface area contributed by atoms with Crippen molar-refractivity contribution in [2.75, 3.05) is 19.0 Å². The molecule has 0 radical (unpaired) electrons. The van der Waals surface area contributed by atoms with Gasteiger partial charge in [-0.25, -0.2) is 0 Å². The second-order valence-electron chi connectivity index (χ2n) is 5.55. The lowest BCUT2D eigenvalue weighted by Crippen LogP contribution is -2.21. The molecule has 3 heteroatoms. The summed E-state index contributed by atoms with van der Waals surface area (Å²) >= 11 is 1.98. The third kappa shape index (κ3) is 5.55. The van der Waals surface area contributed by atoms with E-state index in [-0.39, 0.29) is 0 Å². The van der Waals surface area contributed by atoms with Crippen molar-refractivity contribution < 1.29 is 4.74 Å². The van der Waals surface area contributed by atoms with Gasteiger partial charge in [0.25, 0.3) is 0 Å². The molecular weight excluding hydrogens is 254 g/mol. The van der Waals surface area contributed by atoms with Crippen molar-refractivity contribution >= 4 is 11.8 Å². The van der Waals surface area contributed by atoms with Crippen LogP contribution in [0.15, 0.2) is 29.2 Å². The van der Waals surface area contributed by atoms with E-state index in [2.05, 4.69) is 43.4 Å². The van der Waals surface area contributed by atoms with Crippen LogP contribution in [0.2, 0.25) is 0 Å². The van der Waals surface area contributed by atoms with Gasteiger partial charge >= 0.3 is 0 Å². The number of ether oxygens (including phenoxy) is 1. The third-order valence-electron chi connectivity index (χ3n) is 3.46. The molecule has 1 fully saturated rings. The van der Waals surface area contributed by atoms with Gasteiger partial charge in [-0.15, -0.1) is 11.8 Å². The molecule has 1 aliphatic heterocycles. The van der Waals surface area contributed by atoms with Gasteiger partial charge in [-0.3, -0.25) is 0 Å². The molecule has 0 amide bonds. The van der Waals surface area contributed by atoms with Crippen LogP contribution in [0.5, 0.6) is 0 Å². The average Bonchev–Trinajstić information content (AvgIpc) is 2.45. The maximum atomic E-state index is 5.40. The fourth-order valence-electron chi connectivity index (χ4n) is 2.15. The molecule has 0 saturated carbocycles. The highest BCUT2D eigenvalue weighted by Crippen LogP contribution is 2.25. The van der Waals surface area contributed by atoms with Crippen LogP contribution >= 0.6 is 11.8 Å². The molecular formula is C16H25NOS. The Balaban J connectivity index is 1.74. The first-order chi connectivity index (χ1) is 9.24. The largest absolute Gasteiger partial charge is 0.381 e. The van der Waals surface area contributed by atoms with Gasteiger partial charge in [-0.05, 0) is 36.5 Å². The lowest BCUT2D eigenvalue weighted by molar-refractivity contribution is 0.0728. The van der Waals surface area contributed by atoms with Gasteiger partial charge in [0.1, 0.15) is 0 Å². The van der Waals surface area contributed by atoms with E-state index < -0.39 is 0 Å². The SMILES string of the molecule is CC(C)NCc1ccc(SCC2CCOCC2)cc1. The summed E-state index contributed by atoms with van der Waals surface area (Å²) in [4.78, 5) is 1.39. The van der Waals surface area contributed by atoms with Crippen molar-refractivity contribution in [1.82, 2.24) is 5.32 Å². The molecule has 1 aromatic rings. The Morgan fingerprint density at radius 1 is 1.21 bits per heavy atom. The summed E-state index contributed by atoms with van der Waals surface area (Å²) in [6.45, 7) is 7.22. The first-order valence-corrected chi connectivity index (χ1v) is 8.25. The second kappa shape index (κ2) is 7.93. The summed E-state index contributed by atoms with van der Waals surface area (Å²) in [6.07, 6.45) is 2.45. The first-order valence-electron chi connectivity index (χ1n) is 7.27. The molecule has 0 bridgehead atoms. The normalized spacial score (nSPS) is 17.0. The molecule has 0 spiro atoms. The minimum absolute atomic E-state index is 0.544. The Morgan fingerprint density at radius 2 is 1.89 bits per heavy atom. The van der Waals surface area contributed by atoms with Crippen LogP contribution in [0.1, 0.15) is 32.3 Å². The molecule has 1 aromatic carbocycles. The van der Waals surface area contributed by atoms with E-state index in [4.69, 9.17) is 4.74 Å². The standard InChI is InChI=1S/C16H25NOS/c1-13(2)17-11-14-3-5-16(6-4-14)19-12-15-7-9-18-10-8-15/h3-6,13,15,17H,7-12H2,1-2H3. The maximum absolute atomic E-state index is 5.40. The summed E-state index contributed by atoms with van der Waals surface area (Å²) < 4.78 is 5.40. The molecule has 0 aliphatic carbocycles. The van der Waals surface area contributed by atoms with Gasteiger partial charge in [-0.1, -0.05) is 26.0 Å². The minimum atomic E-state index is 0.544. The highest BCUT2D eigenvalue weighted by Gasteiger charge is 2.13. The number of hydrogen-bond acceptors (Lipinski definition) is 3. The van der Waals surface area contributed by atoms with Gasteiger partial charge in [-0.2, -0.15) is 0 Å². The van der Waals surface area contributed by atoms with Crippen molar-refractivity contribution in [3.8, 4) is 0 Å². The lowest BCUT2D eigenvalue weighted by Gasteiger charge is -2.21.